The lowest BCUT2D eigenvalue weighted by atomic mass is 9.66. The van der Waals surface area contributed by atoms with Crippen LogP contribution in [0.15, 0.2) is 0 Å². The van der Waals surface area contributed by atoms with Crippen LogP contribution in [0.2, 0.25) is 0 Å². The molecule has 0 aromatic carbocycles. The zero-order valence-electron chi connectivity index (χ0n) is 16.0. The lowest BCUT2D eigenvalue weighted by Crippen LogP contribution is -2.46. The normalized spacial score (nSPS) is 18.2. The van der Waals surface area contributed by atoms with Gasteiger partial charge in [0.1, 0.15) is 0 Å². The van der Waals surface area contributed by atoms with Crippen molar-refractivity contribution < 1.29 is 19.1 Å². The highest BCUT2D eigenvalue weighted by atomic mass is 16.5. The lowest BCUT2D eigenvalue weighted by Gasteiger charge is -2.35. The van der Waals surface area contributed by atoms with Gasteiger partial charge in [0, 0.05) is 0 Å². The van der Waals surface area contributed by atoms with Gasteiger partial charge in [0.05, 0.1) is 25.2 Å². The number of nitrogens with zero attached hydrogens (tertiary/aromatic N) is 1. The van der Waals surface area contributed by atoms with Crippen LogP contribution < -0.4 is 0 Å². The van der Waals surface area contributed by atoms with Gasteiger partial charge in [-0.25, -0.2) is 0 Å². The standard InChI is InChI=1S/C20H33NO4/c1-4-7-8-11-14-20(15-21,19(23)25-6-3)17(18(22)24-5-2)16-12-9-10-13-16/h16-17H,4-14H2,1-3H3. The average Bonchev–Trinajstić information content (AvgIpc) is 3.11. The molecule has 5 nitrogen and oxygen atoms in total. The van der Waals surface area contributed by atoms with E-state index in [4.69, 9.17) is 9.47 Å². The van der Waals surface area contributed by atoms with Crippen LogP contribution in [0.3, 0.4) is 0 Å². The molecule has 0 aromatic rings. The van der Waals surface area contributed by atoms with Crippen LogP contribution in [0.25, 0.3) is 0 Å². The molecule has 1 aliphatic rings. The maximum absolute atomic E-state index is 12.8. The number of hydrogen-bond donors (Lipinski definition) is 0. The fourth-order valence-electron chi connectivity index (χ4n) is 3.96. The second-order valence-corrected chi connectivity index (χ2v) is 6.89. The summed E-state index contributed by atoms with van der Waals surface area (Å²) in [6, 6.07) is 2.22. The quantitative estimate of drug-likeness (QED) is 0.407. The molecule has 0 amide bonds. The van der Waals surface area contributed by atoms with Crippen molar-refractivity contribution in [2.45, 2.75) is 78.6 Å². The maximum atomic E-state index is 12.8. The number of esters is 2. The van der Waals surface area contributed by atoms with E-state index in [1.165, 1.54) is 0 Å². The van der Waals surface area contributed by atoms with Gasteiger partial charge in [0.15, 0.2) is 5.41 Å². The van der Waals surface area contributed by atoms with Crippen molar-refractivity contribution in [2.75, 3.05) is 13.2 Å². The predicted octanol–water partition coefficient (Wildman–Crippen LogP) is 4.40. The number of carbonyl (C=O) groups excluding carboxylic acids is 2. The highest BCUT2D eigenvalue weighted by Gasteiger charge is 2.54. The number of ether oxygens (including phenoxy) is 2. The summed E-state index contributed by atoms with van der Waals surface area (Å²) in [6.07, 6.45) is 7.95. The lowest BCUT2D eigenvalue weighted by molar-refractivity contribution is -0.168. The molecule has 142 valence electrons. The summed E-state index contributed by atoms with van der Waals surface area (Å²) in [6.45, 7) is 6.05. The zero-order valence-corrected chi connectivity index (χ0v) is 16.0. The van der Waals surface area contributed by atoms with E-state index in [2.05, 4.69) is 13.0 Å². The van der Waals surface area contributed by atoms with Crippen molar-refractivity contribution >= 4 is 11.9 Å². The molecule has 0 aromatic heterocycles. The molecule has 1 fully saturated rings. The second-order valence-electron chi connectivity index (χ2n) is 6.89. The monoisotopic (exact) mass is 351 g/mol. The molecule has 0 aliphatic heterocycles. The molecule has 2 atom stereocenters. The second kappa shape index (κ2) is 11.1. The van der Waals surface area contributed by atoms with E-state index in [9.17, 15) is 14.9 Å². The Hall–Kier alpha value is -1.57. The topological polar surface area (TPSA) is 76.4 Å². The van der Waals surface area contributed by atoms with Crippen LogP contribution in [0.1, 0.15) is 78.6 Å². The summed E-state index contributed by atoms with van der Waals surface area (Å²) in [5.41, 5.74) is -1.43. The molecule has 0 bridgehead atoms. The summed E-state index contributed by atoms with van der Waals surface area (Å²) in [4.78, 5) is 25.6. The largest absolute Gasteiger partial charge is 0.466 e. The molecule has 0 N–H and O–H groups in total. The fourth-order valence-corrected chi connectivity index (χ4v) is 3.96. The smallest absolute Gasteiger partial charge is 0.327 e. The summed E-state index contributed by atoms with van der Waals surface area (Å²) >= 11 is 0. The van der Waals surface area contributed by atoms with Crippen molar-refractivity contribution in [3.05, 3.63) is 0 Å². The van der Waals surface area contributed by atoms with Gasteiger partial charge in [0.25, 0.3) is 0 Å². The average molecular weight is 351 g/mol. The minimum absolute atomic E-state index is 0.0225. The highest BCUT2D eigenvalue weighted by Crippen LogP contribution is 2.45. The number of rotatable bonds is 11. The Morgan fingerprint density at radius 1 is 1.08 bits per heavy atom. The van der Waals surface area contributed by atoms with Crippen LogP contribution in [-0.4, -0.2) is 25.2 Å². The minimum atomic E-state index is -1.43. The van der Waals surface area contributed by atoms with Gasteiger partial charge in [-0.3, -0.25) is 9.59 Å². The van der Waals surface area contributed by atoms with E-state index in [0.717, 1.165) is 51.4 Å². The van der Waals surface area contributed by atoms with Crippen molar-refractivity contribution in [2.24, 2.45) is 17.3 Å². The third-order valence-corrected chi connectivity index (χ3v) is 5.21. The fraction of sp³-hybridized carbons (Fsp3) is 0.850. The molecule has 2 unspecified atom stereocenters. The van der Waals surface area contributed by atoms with Crippen molar-refractivity contribution in [1.29, 1.82) is 5.26 Å². The molecular formula is C20H33NO4. The SMILES string of the molecule is CCCCCCC(C#N)(C(=O)OCC)C(C(=O)OCC)C1CCCC1. The van der Waals surface area contributed by atoms with Crippen molar-refractivity contribution in [3.63, 3.8) is 0 Å². The molecule has 1 rings (SSSR count). The molecular weight excluding hydrogens is 318 g/mol. The Kier molecular flexibility index (Phi) is 9.55. The molecule has 5 heteroatoms. The first-order valence-corrected chi connectivity index (χ1v) is 9.82. The van der Waals surface area contributed by atoms with Crippen LogP contribution >= 0.6 is 0 Å². The van der Waals surface area contributed by atoms with Gasteiger partial charge >= 0.3 is 11.9 Å². The zero-order chi connectivity index (χ0) is 18.7. The molecule has 1 aliphatic carbocycles. The minimum Gasteiger partial charge on any atom is -0.466 e. The Balaban J connectivity index is 3.17. The first-order valence-electron chi connectivity index (χ1n) is 9.82. The van der Waals surface area contributed by atoms with Gasteiger partial charge in [-0.2, -0.15) is 5.26 Å². The Morgan fingerprint density at radius 2 is 1.72 bits per heavy atom. The van der Waals surface area contributed by atoms with Crippen LogP contribution in [-0.2, 0) is 19.1 Å². The van der Waals surface area contributed by atoms with E-state index < -0.39 is 23.3 Å². The highest BCUT2D eigenvalue weighted by molar-refractivity contribution is 5.88. The van der Waals surface area contributed by atoms with E-state index in [1.54, 1.807) is 13.8 Å². The molecule has 1 saturated carbocycles. The van der Waals surface area contributed by atoms with Crippen molar-refractivity contribution in [1.82, 2.24) is 0 Å². The van der Waals surface area contributed by atoms with Crippen LogP contribution in [0, 0.1) is 28.6 Å². The number of hydrogen-bond acceptors (Lipinski definition) is 5. The number of nitriles is 1. The first kappa shape index (κ1) is 21.5. The summed E-state index contributed by atoms with van der Waals surface area (Å²) < 4.78 is 10.5. The third-order valence-electron chi connectivity index (χ3n) is 5.21. The van der Waals surface area contributed by atoms with Gasteiger partial charge < -0.3 is 9.47 Å². The molecule has 0 spiro atoms. The Morgan fingerprint density at radius 3 is 2.24 bits per heavy atom. The Bertz CT molecular complexity index is 465. The summed E-state index contributed by atoms with van der Waals surface area (Å²) in [7, 11) is 0. The number of unbranched alkanes of at least 4 members (excludes halogenated alkanes) is 3. The summed E-state index contributed by atoms with van der Waals surface area (Å²) in [5, 5.41) is 10.0. The van der Waals surface area contributed by atoms with Gasteiger partial charge in [-0.05, 0) is 39.0 Å². The molecule has 0 radical (unpaired) electrons. The van der Waals surface area contributed by atoms with Gasteiger partial charge in [0.2, 0.25) is 0 Å². The van der Waals surface area contributed by atoms with E-state index in [-0.39, 0.29) is 19.1 Å². The van der Waals surface area contributed by atoms with E-state index in [0.29, 0.717) is 6.42 Å². The third kappa shape index (κ3) is 5.45. The molecule has 25 heavy (non-hydrogen) atoms. The molecule has 0 heterocycles. The van der Waals surface area contributed by atoms with Crippen molar-refractivity contribution in [3.8, 4) is 6.07 Å². The van der Waals surface area contributed by atoms with Gasteiger partial charge in [-0.15, -0.1) is 0 Å². The van der Waals surface area contributed by atoms with Crippen LogP contribution in [0.4, 0.5) is 0 Å². The Labute approximate surface area is 152 Å². The maximum Gasteiger partial charge on any atom is 0.327 e. The van der Waals surface area contributed by atoms with E-state index in [1.807, 2.05) is 0 Å². The van der Waals surface area contributed by atoms with E-state index >= 15 is 0 Å². The predicted molar refractivity (Wildman–Crippen MR) is 95.5 cm³/mol. The van der Waals surface area contributed by atoms with Gasteiger partial charge in [-0.1, -0.05) is 45.4 Å². The summed E-state index contributed by atoms with van der Waals surface area (Å²) in [5.74, 6) is -1.67. The van der Waals surface area contributed by atoms with Crippen LogP contribution in [0.5, 0.6) is 0 Å². The number of carbonyl (C=O) groups is 2. The first-order chi connectivity index (χ1) is 12.1. The molecule has 0 saturated heterocycles.